The zero-order chi connectivity index (χ0) is 23.5. The van der Waals surface area contributed by atoms with E-state index in [4.69, 9.17) is 11.6 Å². The molecule has 0 saturated heterocycles. The Bertz CT molecular complexity index is 1300. The van der Waals surface area contributed by atoms with Crippen LogP contribution in [0.2, 0.25) is 5.02 Å². The van der Waals surface area contributed by atoms with Crippen molar-refractivity contribution < 1.29 is 26.8 Å². The Morgan fingerprint density at radius 3 is 2.22 bits per heavy atom. The molecule has 0 aliphatic rings. The van der Waals surface area contributed by atoms with Crippen molar-refractivity contribution in [3.8, 4) is 0 Å². The number of rotatable bonds is 6. The second-order valence-corrected chi connectivity index (χ2v) is 8.67. The smallest absolute Gasteiger partial charge is 0.261 e. The number of amides is 2. The van der Waals surface area contributed by atoms with Crippen LogP contribution in [0.15, 0.2) is 65.6 Å². The van der Waals surface area contributed by atoms with Crippen LogP contribution in [0.1, 0.15) is 17.3 Å². The fraction of sp³-hybridized carbons (Fsp3) is 0.0476. The summed E-state index contributed by atoms with van der Waals surface area (Å²) in [6.45, 7) is 1.22. The van der Waals surface area contributed by atoms with Crippen LogP contribution < -0.4 is 15.4 Å². The molecule has 11 heteroatoms. The Balaban J connectivity index is 1.83. The first-order valence-electron chi connectivity index (χ1n) is 9.01. The molecule has 0 unspecified atom stereocenters. The van der Waals surface area contributed by atoms with Gasteiger partial charge in [0.25, 0.3) is 15.9 Å². The molecule has 0 bridgehead atoms. The molecule has 2 amide bonds. The highest BCUT2D eigenvalue weighted by Gasteiger charge is 2.18. The van der Waals surface area contributed by atoms with Gasteiger partial charge in [0.15, 0.2) is 0 Å². The van der Waals surface area contributed by atoms with E-state index < -0.39 is 33.5 Å². The second kappa shape index (κ2) is 9.33. The number of carbonyl (C=O) groups excluding carboxylic acids is 2. The minimum atomic E-state index is -4.09. The van der Waals surface area contributed by atoms with Crippen LogP contribution in [0.25, 0.3) is 0 Å². The molecular weight excluding hydrogens is 464 g/mol. The summed E-state index contributed by atoms with van der Waals surface area (Å²) in [5, 5.41) is 4.86. The van der Waals surface area contributed by atoms with E-state index in [-0.39, 0.29) is 32.5 Å². The van der Waals surface area contributed by atoms with E-state index in [0.29, 0.717) is 0 Å². The maximum atomic E-state index is 13.8. The Labute approximate surface area is 187 Å². The van der Waals surface area contributed by atoms with Gasteiger partial charge in [0.2, 0.25) is 5.91 Å². The van der Waals surface area contributed by atoms with Gasteiger partial charge in [0.1, 0.15) is 11.6 Å². The fourth-order valence-corrected chi connectivity index (χ4v) is 3.95. The summed E-state index contributed by atoms with van der Waals surface area (Å²) in [5.41, 5.74) is 0.0704. The van der Waals surface area contributed by atoms with E-state index >= 15 is 0 Å². The molecule has 0 saturated carbocycles. The molecule has 0 fully saturated rings. The first kappa shape index (κ1) is 23.2. The number of carbonyl (C=O) groups is 2. The van der Waals surface area contributed by atoms with Crippen LogP contribution in [0.3, 0.4) is 0 Å². The van der Waals surface area contributed by atoms with Crippen LogP contribution in [-0.2, 0) is 14.8 Å². The van der Waals surface area contributed by atoms with Crippen LogP contribution in [0.5, 0.6) is 0 Å². The van der Waals surface area contributed by atoms with E-state index in [1.54, 1.807) is 0 Å². The van der Waals surface area contributed by atoms with Crippen LogP contribution >= 0.6 is 11.6 Å². The lowest BCUT2D eigenvalue weighted by molar-refractivity contribution is -0.114. The summed E-state index contributed by atoms with van der Waals surface area (Å²) in [5.74, 6) is -2.39. The van der Waals surface area contributed by atoms with Gasteiger partial charge in [-0.05, 0) is 60.7 Å². The largest absolute Gasteiger partial charge is 0.324 e. The fourth-order valence-electron chi connectivity index (χ4n) is 2.65. The summed E-state index contributed by atoms with van der Waals surface area (Å²) >= 11 is 6.07. The average molecular weight is 480 g/mol. The quantitative estimate of drug-likeness (QED) is 0.479. The lowest BCUT2D eigenvalue weighted by Crippen LogP contribution is -2.16. The van der Waals surface area contributed by atoms with Crippen molar-refractivity contribution in [2.75, 3.05) is 15.4 Å². The Morgan fingerprint density at radius 2 is 1.56 bits per heavy atom. The van der Waals surface area contributed by atoms with Gasteiger partial charge in [-0.2, -0.15) is 0 Å². The number of benzene rings is 3. The van der Waals surface area contributed by atoms with E-state index in [9.17, 15) is 26.8 Å². The SMILES string of the molecule is CC(=O)Nc1cc(NC(=O)c2ccc(Cl)c(NS(=O)(=O)c3ccc(F)cc3)c2)ccc1F. The third-order valence-corrected chi connectivity index (χ3v) is 5.84. The Kier molecular flexibility index (Phi) is 6.75. The highest BCUT2D eigenvalue weighted by molar-refractivity contribution is 7.92. The summed E-state index contributed by atoms with van der Waals surface area (Å²) < 4.78 is 54.2. The third-order valence-electron chi connectivity index (χ3n) is 4.13. The van der Waals surface area contributed by atoms with Gasteiger partial charge >= 0.3 is 0 Å². The van der Waals surface area contributed by atoms with Crippen LogP contribution in [0, 0.1) is 11.6 Å². The number of nitrogens with one attached hydrogen (secondary N) is 3. The zero-order valence-electron chi connectivity index (χ0n) is 16.4. The van der Waals surface area contributed by atoms with Crippen LogP contribution in [0.4, 0.5) is 25.8 Å². The molecule has 166 valence electrons. The topological polar surface area (TPSA) is 104 Å². The van der Waals surface area contributed by atoms with Gasteiger partial charge < -0.3 is 10.6 Å². The summed E-state index contributed by atoms with van der Waals surface area (Å²) in [6, 6.07) is 11.7. The number of hydrogen-bond acceptors (Lipinski definition) is 4. The lowest BCUT2D eigenvalue weighted by Gasteiger charge is -2.12. The zero-order valence-corrected chi connectivity index (χ0v) is 18.0. The molecule has 32 heavy (non-hydrogen) atoms. The highest BCUT2D eigenvalue weighted by atomic mass is 35.5. The Hall–Kier alpha value is -3.50. The minimum absolute atomic E-state index is 0.0296. The van der Waals surface area contributed by atoms with Gasteiger partial charge in [0, 0.05) is 18.2 Å². The molecule has 3 N–H and O–H groups in total. The van der Waals surface area contributed by atoms with E-state index in [2.05, 4.69) is 15.4 Å². The van der Waals surface area contributed by atoms with Gasteiger partial charge in [-0.1, -0.05) is 11.6 Å². The van der Waals surface area contributed by atoms with Gasteiger partial charge in [0.05, 0.1) is 21.3 Å². The Morgan fingerprint density at radius 1 is 0.875 bits per heavy atom. The predicted molar refractivity (Wildman–Crippen MR) is 117 cm³/mol. The molecule has 0 radical (unpaired) electrons. The van der Waals surface area contributed by atoms with Crippen molar-refractivity contribution in [1.82, 2.24) is 0 Å². The third kappa shape index (κ3) is 5.59. The second-order valence-electron chi connectivity index (χ2n) is 6.58. The maximum absolute atomic E-state index is 13.8. The number of sulfonamides is 1. The first-order chi connectivity index (χ1) is 15.0. The van der Waals surface area contributed by atoms with Crippen molar-refractivity contribution in [3.05, 3.63) is 82.9 Å². The molecule has 7 nitrogen and oxygen atoms in total. The molecule has 3 aromatic rings. The van der Waals surface area contributed by atoms with Crippen molar-refractivity contribution in [1.29, 1.82) is 0 Å². The highest BCUT2D eigenvalue weighted by Crippen LogP contribution is 2.27. The van der Waals surface area contributed by atoms with Crippen molar-refractivity contribution in [3.63, 3.8) is 0 Å². The standard InChI is InChI=1S/C21H16ClF2N3O4S/c1-12(28)25-20-11-15(5-9-18(20)24)26-21(29)13-2-8-17(22)19(10-13)27-32(30,31)16-6-3-14(23)4-7-16/h2-11,27H,1H3,(H,25,28)(H,26,29). The molecule has 3 aromatic carbocycles. The summed E-state index contributed by atoms with van der Waals surface area (Å²) in [4.78, 5) is 23.6. The average Bonchev–Trinajstić information content (AvgIpc) is 2.72. The van der Waals surface area contributed by atoms with Crippen LogP contribution in [-0.4, -0.2) is 20.2 Å². The van der Waals surface area contributed by atoms with Gasteiger partial charge in [-0.15, -0.1) is 0 Å². The molecule has 0 aliphatic heterocycles. The minimum Gasteiger partial charge on any atom is -0.324 e. The summed E-state index contributed by atoms with van der Waals surface area (Å²) in [7, 11) is -4.09. The van der Waals surface area contributed by atoms with Gasteiger partial charge in [-0.3, -0.25) is 14.3 Å². The molecule has 0 atom stereocenters. The molecule has 0 heterocycles. The van der Waals surface area contributed by atoms with Gasteiger partial charge in [-0.25, -0.2) is 17.2 Å². The van der Waals surface area contributed by atoms with Crippen molar-refractivity contribution in [2.45, 2.75) is 11.8 Å². The number of anilines is 3. The summed E-state index contributed by atoms with van der Waals surface area (Å²) in [6.07, 6.45) is 0. The lowest BCUT2D eigenvalue weighted by atomic mass is 10.2. The maximum Gasteiger partial charge on any atom is 0.261 e. The monoisotopic (exact) mass is 479 g/mol. The first-order valence-corrected chi connectivity index (χ1v) is 10.9. The van der Waals surface area contributed by atoms with E-state index in [1.165, 1.54) is 37.3 Å². The number of halogens is 3. The van der Waals surface area contributed by atoms with Crippen molar-refractivity contribution in [2.24, 2.45) is 0 Å². The van der Waals surface area contributed by atoms with E-state index in [0.717, 1.165) is 30.3 Å². The normalized spacial score (nSPS) is 11.0. The molecule has 0 aromatic heterocycles. The van der Waals surface area contributed by atoms with Crippen molar-refractivity contribution >= 4 is 50.5 Å². The van der Waals surface area contributed by atoms with E-state index in [1.807, 2.05) is 0 Å². The molecule has 3 rings (SSSR count). The predicted octanol–water partition coefficient (Wildman–Crippen LogP) is 4.63. The molecular formula is C21H16ClF2N3O4S. The molecule has 0 spiro atoms. The molecule has 0 aliphatic carbocycles. The number of hydrogen-bond donors (Lipinski definition) is 3.